The second-order valence-electron chi connectivity index (χ2n) is 8.51. The normalized spacial score (nSPS) is 11.4. The molecule has 0 saturated carbocycles. The highest BCUT2D eigenvalue weighted by Gasteiger charge is 2.33. The molecule has 0 amide bonds. The largest absolute Gasteiger partial charge is 0.507 e. The maximum absolute atomic E-state index is 13.9. The Morgan fingerprint density at radius 3 is 1.69 bits per heavy atom. The van der Waals surface area contributed by atoms with Gasteiger partial charge in [0.1, 0.15) is 5.75 Å². The van der Waals surface area contributed by atoms with Gasteiger partial charge in [0.05, 0.1) is 32.0 Å². The fourth-order valence-electron chi connectivity index (χ4n) is 4.58. The third-order valence-electron chi connectivity index (χ3n) is 6.21. The predicted molar refractivity (Wildman–Crippen MR) is 149 cm³/mol. The summed E-state index contributed by atoms with van der Waals surface area (Å²) in [5.74, 6) is -0.901. The molecule has 0 atom stereocenters. The number of nitrogens with one attached hydrogen (secondary N) is 2. The first-order chi connectivity index (χ1) is 17.3. The van der Waals surface area contributed by atoms with E-state index in [2.05, 4.69) is 10.2 Å². The van der Waals surface area contributed by atoms with Crippen molar-refractivity contribution < 1.29 is 5.11 Å². The van der Waals surface area contributed by atoms with Gasteiger partial charge in [0.15, 0.2) is 0 Å². The lowest BCUT2D eigenvalue weighted by molar-refractivity contribution is 0.463. The molecule has 0 aliphatic heterocycles. The van der Waals surface area contributed by atoms with Gasteiger partial charge < -0.3 is 5.11 Å². The third kappa shape index (κ3) is 4.10. The molecule has 9 heteroatoms. The first kappa shape index (κ1) is 24.2. The molecule has 3 aromatic carbocycles. The molecule has 0 aliphatic rings. The Hall–Kier alpha value is -3.50. The number of aromatic hydroxyl groups is 1. The lowest BCUT2D eigenvalue weighted by atomic mass is 9.84. The zero-order valence-electron chi connectivity index (χ0n) is 19.4. The SMILES string of the molecule is Cc1[nH]n(-c2ccccc2)c(=O)c1C(c1cc(Cl)cc(I)c1O)c1c(C)[nH]n(-c2ccccc2)c1=O. The minimum Gasteiger partial charge on any atom is -0.507 e. The van der Waals surface area contributed by atoms with Crippen molar-refractivity contribution in [3.8, 4) is 17.1 Å². The highest BCUT2D eigenvalue weighted by atomic mass is 127. The topological polar surface area (TPSA) is 95.8 Å². The maximum atomic E-state index is 13.9. The summed E-state index contributed by atoms with van der Waals surface area (Å²) in [5.41, 5.74) is 2.93. The number of aromatic amines is 2. The van der Waals surface area contributed by atoms with Gasteiger partial charge in [0.25, 0.3) is 11.1 Å². The van der Waals surface area contributed by atoms with Crippen LogP contribution in [-0.4, -0.2) is 24.7 Å². The third-order valence-corrected chi connectivity index (χ3v) is 7.25. The van der Waals surface area contributed by atoms with Gasteiger partial charge in [-0.25, -0.2) is 9.36 Å². The minimum absolute atomic E-state index is 0.0254. The first-order valence-electron chi connectivity index (χ1n) is 11.2. The lowest BCUT2D eigenvalue weighted by Crippen LogP contribution is -2.25. The molecule has 7 nitrogen and oxygen atoms in total. The van der Waals surface area contributed by atoms with E-state index in [9.17, 15) is 14.7 Å². The lowest BCUT2D eigenvalue weighted by Gasteiger charge is -2.18. The number of rotatable bonds is 5. The van der Waals surface area contributed by atoms with Crippen molar-refractivity contribution >= 4 is 34.2 Å². The van der Waals surface area contributed by atoms with Crippen molar-refractivity contribution in [3.05, 3.63) is 130 Å². The number of nitrogens with zero attached hydrogens (tertiary/aromatic N) is 2. The minimum atomic E-state index is -0.875. The molecule has 2 heterocycles. The number of phenols is 1. The number of halogens is 2. The summed E-state index contributed by atoms with van der Waals surface area (Å²) < 4.78 is 3.41. The van der Waals surface area contributed by atoms with E-state index in [0.29, 0.717) is 48.0 Å². The summed E-state index contributed by atoms with van der Waals surface area (Å²) in [7, 11) is 0. The Balaban J connectivity index is 1.83. The molecule has 0 spiro atoms. The predicted octanol–water partition coefficient (Wildman–Crippen LogP) is 5.41. The number of aromatic nitrogens is 4. The molecule has 182 valence electrons. The molecular formula is C27H22ClIN4O3. The molecule has 36 heavy (non-hydrogen) atoms. The van der Waals surface area contributed by atoms with E-state index in [4.69, 9.17) is 11.6 Å². The Labute approximate surface area is 225 Å². The average molecular weight is 613 g/mol. The Morgan fingerprint density at radius 1 is 0.806 bits per heavy atom. The zero-order valence-corrected chi connectivity index (χ0v) is 22.3. The molecule has 0 unspecified atom stereocenters. The van der Waals surface area contributed by atoms with Crippen molar-refractivity contribution in [2.75, 3.05) is 0 Å². The summed E-state index contributed by atoms with van der Waals surface area (Å²) in [5, 5.41) is 17.8. The quantitative estimate of drug-likeness (QED) is 0.232. The van der Waals surface area contributed by atoms with Crippen LogP contribution in [0.2, 0.25) is 5.02 Å². The molecule has 0 aliphatic carbocycles. The van der Waals surface area contributed by atoms with Crippen LogP contribution >= 0.6 is 34.2 Å². The van der Waals surface area contributed by atoms with Gasteiger partial charge in [-0.3, -0.25) is 19.8 Å². The van der Waals surface area contributed by atoms with Crippen LogP contribution in [0.25, 0.3) is 11.4 Å². The number of phenolic OH excluding ortho intramolecular Hbond substituents is 1. The van der Waals surface area contributed by atoms with Crippen molar-refractivity contribution in [2.45, 2.75) is 19.8 Å². The number of benzene rings is 3. The fraction of sp³-hybridized carbons (Fsp3) is 0.111. The maximum Gasteiger partial charge on any atom is 0.275 e. The van der Waals surface area contributed by atoms with Gasteiger partial charge in [0, 0.05) is 22.0 Å². The van der Waals surface area contributed by atoms with E-state index in [1.54, 1.807) is 26.0 Å². The van der Waals surface area contributed by atoms with Gasteiger partial charge in [0.2, 0.25) is 0 Å². The molecular weight excluding hydrogens is 591 g/mol. The summed E-state index contributed by atoms with van der Waals surface area (Å²) in [4.78, 5) is 27.7. The van der Waals surface area contributed by atoms with Crippen LogP contribution < -0.4 is 11.1 Å². The summed E-state index contributed by atoms with van der Waals surface area (Å²) in [6.07, 6.45) is 0. The highest BCUT2D eigenvalue weighted by molar-refractivity contribution is 14.1. The van der Waals surface area contributed by atoms with E-state index in [1.165, 1.54) is 9.36 Å². The monoisotopic (exact) mass is 612 g/mol. The van der Waals surface area contributed by atoms with Crippen LogP contribution in [0.3, 0.4) is 0 Å². The standard InChI is InChI=1S/C27H22ClIN4O3/c1-15-22(26(35)32(30-15)18-9-5-3-6-10-18)24(20-13-17(28)14-21(29)25(20)34)23-16(2)31-33(27(23)36)19-11-7-4-8-12-19/h3-14,24,30-31,34H,1-2H3. The molecule has 0 radical (unpaired) electrons. The molecule has 0 fully saturated rings. The van der Waals surface area contributed by atoms with Gasteiger partial charge in [-0.2, -0.15) is 0 Å². The molecule has 0 saturated heterocycles. The number of aryl methyl sites for hydroxylation is 2. The van der Waals surface area contributed by atoms with Crippen molar-refractivity contribution in [1.29, 1.82) is 0 Å². The van der Waals surface area contributed by atoms with Gasteiger partial charge in [-0.15, -0.1) is 0 Å². The number of para-hydroxylation sites is 2. The van der Waals surface area contributed by atoms with Gasteiger partial charge in [-0.05, 0) is 72.8 Å². The summed E-state index contributed by atoms with van der Waals surface area (Å²) >= 11 is 8.40. The van der Waals surface area contributed by atoms with Gasteiger partial charge >= 0.3 is 0 Å². The van der Waals surface area contributed by atoms with E-state index in [-0.39, 0.29) is 16.9 Å². The van der Waals surface area contributed by atoms with Crippen molar-refractivity contribution in [1.82, 2.24) is 19.6 Å². The number of H-pyrrole nitrogens is 2. The molecule has 0 bridgehead atoms. The van der Waals surface area contributed by atoms with Gasteiger partial charge in [-0.1, -0.05) is 48.0 Å². The average Bonchev–Trinajstić information content (AvgIpc) is 3.33. The van der Waals surface area contributed by atoms with Crippen LogP contribution in [-0.2, 0) is 0 Å². The molecule has 2 aromatic heterocycles. The Kier molecular flexibility index (Phi) is 6.40. The fourth-order valence-corrected chi connectivity index (χ4v) is 5.64. The molecule has 5 rings (SSSR count). The van der Waals surface area contributed by atoms with E-state index < -0.39 is 5.92 Å². The molecule has 3 N–H and O–H groups in total. The summed E-state index contributed by atoms with van der Waals surface area (Å²) in [6.45, 7) is 3.57. The Bertz CT molecular complexity index is 1590. The molecule has 5 aromatic rings. The smallest absolute Gasteiger partial charge is 0.275 e. The van der Waals surface area contributed by atoms with Crippen LogP contribution in [0.15, 0.2) is 82.4 Å². The van der Waals surface area contributed by atoms with E-state index in [0.717, 1.165) is 0 Å². The second kappa shape index (κ2) is 9.51. The number of hydrogen-bond donors (Lipinski definition) is 3. The van der Waals surface area contributed by atoms with Crippen LogP contribution in [0.4, 0.5) is 0 Å². The van der Waals surface area contributed by atoms with E-state index in [1.807, 2.05) is 83.3 Å². The second-order valence-corrected chi connectivity index (χ2v) is 10.1. The van der Waals surface area contributed by atoms with Crippen molar-refractivity contribution in [3.63, 3.8) is 0 Å². The highest BCUT2D eigenvalue weighted by Crippen LogP contribution is 2.40. The first-order valence-corrected chi connectivity index (χ1v) is 12.7. The van der Waals surface area contributed by atoms with Crippen LogP contribution in [0.1, 0.15) is 34.0 Å². The van der Waals surface area contributed by atoms with E-state index >= 15 is 0 Å². The zero-order chi connectivity index (χ0) is 25.6. The van der Waals surface area contributed by atoms with Crippen molar-refractivity contribution in [2.24, 2.45) is 0 Å². The van der Waals surface area contributed by atoms with Crippen LogP contribution in [0, 0.1) is 17.4 Å². The Morgan fingerprint density at radius 2 is 1.25 bits per heavy atom. The number of hydrogen-bond acceptors (Lipinski definition) is 3. The van der Waals surface area contributed by atoms with Crippen LogP contribution in [0.5, 0.6) is 5.75 Å². The summed E-state index contributed by atoms with van der Waals surface area (Å²) in [6, 6.07) is 21.6.